The van der Waals surface area contributed by atoms with Crippen LogP contribution in [0.2, 0.25) is 10.0 Å². The van der Waals surface area contributed by atoms with Crippen molar-refractivity contribution in [1.82, 2.24) is 4.90 Å². The summed E-state index contributed by atoms with van der Waals surface area (Å²) < 4.78 is 5.16. The second-order valence-electron chi connectivity index (χ2n) is 3.14. The minimum absolute atomic E-state index is 0.139. The molecule has 0 radical (unpaired) electrons. The molecule has 0 spiro atoms. The smallest absolute Gasteiger partial charge is 0.416 e. The van der Waals surface area contributed by atoms with Gasteiger partial charge in [-0.05, 0) is 18.2 Å². The van der Waals surface area contributed by atoms with Gasteiger partial charge in [0.1, 0.15) is 12.4 Å². The van der Waals surface area contributed by atoms with Gasteiger partial charge in [-0.25, -0.2) is 14.5 Å². The van der Waals surface area contributed by atoms with E-state index in [2.05, 4.69) is 0 Å². The SMILES string of the molecule is O=C(O)N(CCOc1ccc(Cl)cc1Cl)C(=O)O. The van der Waals surface area contributed by atoms with Gasteiger partial charge in [-0.2, -0.15) is 0 Å². The van der Waals surface area contributed by atoms with Crippen LogP contribution in [-0.4, -0.2) is 40.5 Å². The molecule has 6 nitrogen and oxygen atoms in total. The van der Waals surface area contributed by atoms with Crippen LogP contribution in [0, 0.1) is 0 Å². The number of hydrogen-bond acceptors (Lipinski definition) is 3. The Morgan fingerprint density at radius 1 is 1.22 bits per heavy atom. The van der Waals surface area contributed by atoms with E-state index in [-0.39, 0.29) is 23.1 Å². The van der Waals surface area contributed by atoms with Crippen LogP contribution in [0.25, 0.3) is 0 Å². The predicted molar refractivity (Wildman–Crippen MR) is 64.7 cm³/mol. The molecule has 1 rings (SSSR count). The number of benzene rings is 1. The molecule has 0 atom stereocenters. The first-order valence-electron chi connectivity index (χ1n) is 4.73. The molecule has 0 aliphatic carbocycles. The third-order valence-electron chi connectivity index (χ3n) is 1.93. The fourth-order valence-electron chi connectivity index (χ4n) is 1.11. The summed E-state index contributed by atoms with van der Waals surface area (Å²) in [5, 5.41) is 17.9. The lowest BCUT2D eigenvalue weighted by molar-refractivity contribution is 0.115. The van der Waals surface area contributed by atoms with Gasteiger partial charge in [-0.1, -0.05) is 23.2 Å². The van der Waals surface area contributed by atoms with Crippen molar-refractivity contribution in [1.29, 1.82) is 0 Å². The van der Waals surface area contributed by atoms with Crippen LogP contribution in [0.3, 0.4) is 0 Å². The molecule has 8 heteroatoms. The minimum Gasteiger partial charge on any atom is -0.490 e. The number of amides is 2. The molecule has 1 aromatic rings. The number of hydrogen-bond donors (Lipinski definition) is 2. The highest BCUT2D eigenvalue weighted by molar-refractivity contribution is 6.35. The van der Waals surface area contributed by atoms with Gasteiger partial charge in [-0.15, -0.1) is 0 Å². The standard InChI is InChI=1S/C10H9Cl2NO5/c11-6-1-2-8(7(12)5-6)18-4-3-13(9(14)15)10(16)17/h1-2,5H,3-4H2,(H,14,15)(H,16,17). The molecule has 0 bridgehead atoms. The number of carbonyl (C=O) groups is 2. The van der Waals surface area contributed by atoms with Gasteiger partial charge >= 0.3 is 12.2 Å². The van der Waals surface area contributed by atoms with Gasteiger partial charge in [-0.3, -0.25) is 0 Å². The Bertz CT molecular complexity index is 452. The average Bonchev–Trinajstić information content (AvgIpc) is 2.25. The van der Waals surface area contributed by atoms with E-state index in [1.54, 1.807) is 6.07 Å². The molecular formula is C10H9Cl2NO5. The van der Waals surface area contributed by atoms with Crippen molar-refractivity contribution in [2.24, 2.45) is 0 Å². The van der Waals surface area contributed by atoms with Gasteiger partial charge in [0.05, 0.1) is 11.6 Å². The van der Waals surface area contributed by atoms with Crippen molar-refractivity contribution in [3.05, 3.63) is 28.2 Å². The molecule has 0 heterocycles. The Balaban J connectivity index is 2.55. The normalized spacial score (nSPS) is 9.89. The van der Waals surface area contributed by atoms with E-state index in [1.807, 2.05) is 0 Å². The maximum absolute atomic E-state index is 10.5. The lowest BCUT2D eigenvalue weighted by Crippen LogP contribution is -2.37. The van der Waals surface area contributed by atoms with Crippen molar-refractivity contribution in [3.63, 3.8) is 0 Å². The van der Waals surface area contributed by atoms with Crippen LogP contribution in [0.4, 0.5) is 9.59 Å². The molecule has 98 valence electrons. The summed E-state index contributed by atoms with van der Waals surface area (Å²) in [4.78, 5) is 21.3. The summed E-state index contributed by atoms with van der Waals surface area (Å²) in [5.41, 5.74) is 0. The van der Waals surface area contributed by atoms with Crippen LogP contribution < -0.4 is 4.74 Å². The minimum atomic E-state index is -1.56. The summed E-state index contributed by atoms with van der Waals surface area (Å²) in [6.45, 7) is -0.455. The van der Waals surface area contributed by atoms with Crippen molar-refractivity contribution in [2.75, 3.05) is 13.2 Å². The van der Waals surface area contributed by atoms with Crippen LogP contribution in [0.1, 0.15) is 0 Å². The van der Waals surface area contributed by atoms with Crippen molar-refractivity contribution < 1.29 is 24.5 Å². The summed E-state index contributed by atoms with van der Waals surface area (Å²) in [6.07, 6.45) is -3.12. The lowest BCUT2D eigenvalue weighted by atomic mass is 10.3. The second kappa shape index (κ2) is 6.32. The maximum Gasteiger partial charge on any atom is 0.416 e. The lowest BCUT2D eigenvalue weighted by Gasteiger charge is -2.14. The quantitative estimate of drug-likeness (QED) is 0.891. The predicted octanol–water partition coefficient (Wildman–Crippen LogP) is 3.03. The molecule has 0 aliphatic rings. The fraction of sp³-hybridized carbons (Fsp3) is 0.200. The van der Waals surface area contributed by atoms with Crippen molar-refractivity contribution in [3.8, 4) is 5.75 Å². The van der Waals surface area contributed by atoms with E-state index < -0.39 is 12.2 Å². The first kappa shape index (κ1) is 14.4. The highest BCUT2D eigenvalue weighted by Crippen LogP contribution is 2.27. The molecule has 0 unspecified atom stereocenters. The molecular weight excluding hydrogens is 285 g/mol. The molecule has 0 aliphatic heterocycles. The van der Waals surface area contributed by atoms with E-state index in [0.29, 0.717) is 10.8 Å². The third-order valence-corrected chi connectivity index (χ3v) is 2.46. The number of rotatable bonds is 4. The average molecular weight is 294 g/mol. The number of imide groups is 1. The Labute approximate surface area is 112 Å². The molecule has 1 aromatic carbocycles. The van der Waals surface area contributed by atoms with Gasteiger partial charge in [0.25, 0.3) is 0 Å². The number of ether oxygens (including phenoxy) is 1. The molecule has 2 N–H and O–H groups in total. The number of halogens is 2. The summed E-state index contributed by atoms with van der Waals surface area (Å²) >= 11 is 11.5. The van der Waals surface area contributed by atoms with Gasteiger partial charge < -0.3 is 14.9 Å². The topological polar surface area (TPSA) is 87.1 Å². The first-order valence-corrected chi connectivity index (χ1v) is 5.48. The second-order valence-corrected chi connectivity index (χ2v) is 3.98. The molecule has 2 amide bonds. The van der Waals surface area contributed by atoms with Crippen molar-refractivity contribution >= 4 is 35.4 Å². The Hall–Kier alpha value is -1.66. The third kappa shape index (κ3) is 3.97. The van der Waals surface area contributed by atoms with Crippen LogP contribution in [0.5, 0.6) is 5.75 Å². The van der Waals surface area contributed by atoms with E-state index in [4.69, 9.17) is 38.2 Å². The fourth-order valence-corrected chi connectivity index (χ4v) is 1.58. The van der Waals surface area contributed by atoms with E-state index in [1.165, 1.54) is 12.1 Å². The van der Waals surface area contributed by atoms with Crippen LogP contribution in [0.15, 0.2) is 18.2 Å². The highest BCUT2D eigenvalue weighted by atomic mass is 35.5. The van der Waals surface area contributed by atoms with Crippen LogP contribution in [-0.2, 0) is 0 Å². The Morgan fingerprint density at radius 3 is 2.33 bits per heavy atom. The number of carboxylic acid groups (broad SMARTS) is 2. The van der Waals surface area contributed by atoms with E-state index >= 15 is 0 Å². The van der Waals surface area contributed by atoms with Gasteiger partial charge in [0.2, 0.25) is 0 Å². The zero-order valence-corrected chi connectivity index (χ0v) is 10.5. The zero-order chi connectivity index (χ0) is 13.7. The van der Waals surface area contributed by atoms with Gasteiger partial charge in [0.15, 0.2) is 0 Å². The Kier molecular flexibility index (Phi) is 5.06. The van der Waals surface area contributed by atoms with E-state index in [0.717, 1.165) is 0 Å². The highest BCUT2D eigenvalue weighted by Gasteiger charge is 2.19. The zero-order valence-electron chi connectivity index (χ0n) is 8.97. The molecule has 0 saturated heterocycles. The van der Waals surface area contributed by atoms with Gasteiger partial charge in [0, 0.05) is 5.02 Å². The maximum atomic E-state index is 10.5. The molecule has 18 heavy (non-hydrogen) atoms. The van der Waals surface area contributed by atoms with E-state index in [9.17, 15) is 9.59 Å². The first-order chi connectivity index (χ1) is 8.41. The molecule has 0 fully saturated rings. The molecule has 0 saturated carbocycles. The molecule has 0 aromatic heterocycles. The largest absolute Gasteiger partial charge is 0.490 e. The summed E-state index contributed by atoms with van der Waals surface area (Å²) in [5.74, 6) is 0.303. The Morgan fingerprint density at radius 2 is 1.83 bits per heavy atom. The van der Waals surface area contributed by atoms with Crippen LogP contribution >= 0.6 is 23.2 Å². The summed E-state index contributed by atoms with van der Waals surface area (Å²) in [7, 11) is 0. The monoisotopic (exact) mass is 293 g/mol. The summed E-state index contributed by atoms with van der Waals surface area (Å²) in [6, 6.07) is 4.52. The number of nitrogens with zero attached hydrogens (tertiary/aromatic N) is 1. The van der Waals surface area contributed by atoms with Crippen molar-refractivity contribution in [2.45, 2.75) is 0 Å².